The van der Waals surface area contributed by atoms with Gasteiger partial charge in [-0.3, -0.25) is 24.5 Å². The zero-order valence-electron chi connectivity index (χ0n) is 15.0. The Hall–Kier alpha value is -3.17. The lowest BCUT2D eigenvalue weighted by atomic mass is 10.2. The first-order valence-electron chi connectivity index (χ1n) is 8.15. The highest BCUT2D eigenvalue weighted by atomic mass is 35.5. The van der Waals surface area contributed by atoms with Crippen LogP contribution in [-0.4, -0.2) is 35.4 Å². The van der Waals surface area contributed by atoms with Crippen molar-refractivity contribution in [1.29, 1.82) is 0 Å². The summed E-state index contributed by atoms with van der Waals surface area (Å²) in [6, 6.07) is 9.49. The van der Waals surface area contributed by atoms with Crippen LogP contribution in [-0.2, 0) is 14.3 Å². The number of ether oxygens (including phenoxy) is 1. The number of nitrogens with one attached hydrogen (secondary N) is 2. The molecule has 0 radical (unpaired) electrons. The average molecular weight is 440 g/mol. The van der Waals surface area contributed by atoms with Crippen LogP contribution in [0.2, 0.25) is 10.0 Å². The average Bonchev–Trinajstić information content (AvgIpc) is 2.68. The Bertz CT molecular complexity index is 966. The minimum atomic E-state index is -1.16. The van der Waals surface area contributed by atoms with E-state index in [4.69, 9.17) is 27.9 Å². The first-order valence-corrected chi connectivity index (χ1v) is 8.91. The Morgan fingerprint density at radius 1 is 1.17 bits per heavy atom. The Balaban J connectivity index is 1.86. The monoisotopic (exact) mass is 439 g/mol. The summed E-state index contributed by atoms with van der Waals surface area (Å²) in [6.45, 7) is 0.820. The molecule has 0 fully saturated rings. The smallest absolute Gasteiger partial charge is 0.326 e. The van der Waals surface area contributed by atoms with E-state index in [1.54, 1.807) is 0 Å². The second-order valence-corrected chi connectivity index (χ2v) is 6.58. The molecule has 0 aliphatic rings. The van der Waals surface area contributed by atoms with Crippen molar-refractivity contribution >= 4 is 52.4 Å². The number of benzene rings is 2. The number of nitro benzene ring substituents is 1. The molecule has 0 saturated carbocycles. The van der Waals surface area contributed by atoms with Crippen LogP contribution in [0.5, 0.6) is 0 Å². The molecular formula is C18H15Cl2N3O6. The van der Waals surface area contributed by atoms with Crippen LogP contribution in [0.4, 0.5) is 11.4 Å². The maximum Gasteiger partial charge on any atom is 0.326 e. The van der Waals surface area contributed by atoms with Crippen LogP contribution in [0.25, 0.3) is 0 Å². The normalized spacial score (nSPS) is 11.3. The van der Waals surface area contributed by atoms with Crippen molar-refractivity contribution in [2.75, 3.05) is 11.9 Å². The van der Waals surface area contributed by atoms with Gasteiger partial charge in [-0.15, -0.1) is 0 Å². The zero-order chi connectivity index (χ0) is 21.6. The van der Waals surface area contributed by atoms with Gasteiger partial charge in [0.15, 0.2) is 6.10 Å². The minimum Gasteiger partial charge on any atom is -0.451 e. The maximum absolute atomic E-state index is 12.1. The van der Waals surface area contributed by atoms with E-state index in [0.29, 0.717) is 10.7 Å². The highest BCUT2D eigenvalue weighted by Crippen LogP contribution is 2.25. The molecule has 2 rings (SSSR count). The molecule has 1 unspecified atom stereocenters. The van der Waals surface area contributed by atoms with Gasteiger partial charge in [-0.2, -0.15) is 0 Å². The summed E-state index contributed by atoms with van der Waals surface area (Å²) in [4.78, 5) is 46.1. The number of nitrogens with zero attached hydrogens (tertiary/aromatic N) is 1. The summed E-state index contributed by atoms with van der Waals surface area (Å²) < 4.78 is 4.95. The Morgan fingerprint density at radius 3 is 2.55 bits per heavy atom. The van der Waals surface area contributed by atoms with E-state index < -0.39 is 35.4 Å². The molecule has 9 nitrogen and oxygen atoms in total. The van der Waals surface area contributed by atoms with Crippen molar-refractivity contribution in [1.82, 2.24) is 5.32 Å². The van der Waals surface area contributed by atoms with E-state index in [0.717, 1.165) is 6.07 Å². The lowest BCUT2D eigenvalue weighted by Gasteiger charge is -2.14. The van der Waals surface area contributed by atoms with Gasteiger partial charge in [0, 0.05) is 22.7 Å². The third-order valence-electron chi connectivity index (χ3n) is 3.58. The number of halogens is 2. The topological polar surface area (TPSA) is 128 Å². The molecular weight excluding hydrogens is 425 g/mol. The SMILES string of the molecule is CC(OC(=O)CNC(=O)c1cccc([N+](=O)[O-])c1)C(=O)Nc1ccc(Cl)cc1Cl. The Morgan fingerprint density at radius 2 is 1.90 bits per heavy atom. The third kappa shape index (κ3) is 6.44. The minimum absolute atomic E-state index is 0.00942. The van der Waals surface area contributed by atoms with E-state index in [9.17, 15) is 24.5 Å². The summed E-state index contributed by atoms with van der Waals surface area (Å²) in [6.07, 6.45) is -1.16. The van der Waals surface area contributed by atoms with E-state index >= 15 is 0 Å². The van der Waals surface area contributed by atoms with Crippen LogP contribution in [0.15, 0.2) is 42.5 Å². The quantitative estimate of drug-likeness (QED) is 0.387. The molecule has 29 heavy (non-hydrogen) atoms. The summed E-state index contributed by atoms with van der Waals surface area (Å²) >= 11 is 11.7. The highest BCUT2D eigenvalue weighted by molar-refractivity contribution is 6.36. The summed E-state index contributed by atoms with van der Waals surface area (Å²) in [5.74, 6) is -2.20. The van der Waals surface area contributed by atoms with Gasteiger partial charge < -0.3 is 15.4 Å². The van der Waals surface area contributed by atoms with Crippen LogP contribution in [0, 0.1) is 10.1 Å². The first-order chi connectivity index (χ1) is 13.7. The molecule has 0 bridgehead atoms. The predicted octanol–water partition coefficient (Wildman–Crippen LogP) is 3.20. The van der Waals surface area contributed by atoms with Gasteiger partial charge in [0.25, 0.3) is 17.5 Å². The van der Waals surface area contributed by atoms with Crippen molar-refractivity contribution in [3.8, 4) is 0 Å². The molecule has 2 amide bonds. The van der Waals surface area contributed by atoms with Crippen LogP contribution < -0.4 is 10.6 Å². The van der Waals surface area contributed by atoms with E-state index in [2.05, 4.69) is 10.6 Å². The van der Waals surface area contributed by atoms with Crippen LogP contribution in [0.3, 0.4) is 0 Å². The molecule has 0 aliphatic carbocycles. The van der Waals surface area contributed by atoms with Crippen LogP contribution >= 0.6 is 23.2 Å². The molecule has 0 aliphatic heterocycles. The predicted molar refractivity (Wildman–Crippen MR) is 106 cm³/mol. The summed E-state index contributed by atoms with van der Waals surface area (Å²) in [5, 5.41) is 16.1. The molecule has 2 N–H and O–H groups in total. The number of rotatable bonds is 7. The fourth-order valence-electron chi connectivity index (χ4n) is 2.13. The van der Waals surface area contributed by atoms with E-state index in [1.165, 1.54) is 43.3 Å². The van der Waals surface area contributed by atoms with Crippen LogP contribution in [0.1, 0.15) is 17.3 Å². The van der Waals surface area contributed by atoms with Crippen molar-refractivity contribution in [3.05, 3.63) is 68.2 Å². The first kappa shape index (κ1) is 22.1. The lowest BCUT2D eigenvalue weighted by Crippen LogP contribution is -2.35. The van der Waals surface area contributed by atoms with Gasteiger partial charge in [-0.25, -0.2) is 0 Å². The summed E-state index contributed by atoms with van der Waals surface area (Å²) in [5.41, 5.74) is 0.0458. The van der Waals surface area contributed by atoms with Crippen molar-refractivity contribution in [3.63, 3.8) is 0 Å². The van der Waals surface area contributed by atoms with Gasteiger partial charge in [-0.05, 0) is 31.2 Å². The Labute approximate surface area is 175 Å². The molecule has 2 aromatic carbocycles. The zero-order valence-corrected chi connectivity index (χ0v) is 16.5. The summed E-state index contributed by atoms with van der Waals surface area (Å²) in [7, 11) is 0. The number of anilines is 1. The molecule has 0 heterocycles. The fourth-order valence-corrected chi connectivity index (χ4v) is 2.59. The number of nitro groups is 1. The number of carbonyl (C=O) groups is 3. The number of esters is 1. The van der Waals surface area contributed by atoms with E-state index in [1.807, 2.05) is 0 Å². The molecule has 0 spiro atoms. The number of carbonyl (C=O) groups excluding carboxylic acids is 3. The van der Waals surface area contributed by atoms with Gasteiger partial charge in [0.05, 0.1) is 15.6 Å². The van der Waals surface area contributed by atoms with Gasteiger partial charge in [0.1, 0.15) is 6.54 Å². The molecule has 11 heteroatoms. The van der Waals surface area contributed by atoms with Gasteiger partial charge >= 0.3 is 5.97 Å². The molecule has 152 valence electrons. The van der Waals surface area contributed by atoms with Crippen molar-refractivity contribution in [2.45, 2.75) is 13.0 Å². The van der Waals surface area contributed by atoms with Crippen molar-refractivity contribution < 1.29 is 24.0 Å². The second kappa shape index (κ2) is 9.85. The molecule has 0 aromatic heterocycles. The second-order valence-electron chi connectivity index (χ2n) is 5.74. The molecule has 2 aromatic rings. The lowest BCUT2D eigenvalue weighted by molar-refractivity contribution is -0.384. The Kier molecular flexibility index (Phi) is 7.52. The number of hydrogen-bond donors (Lipinski definition) is 2. The van der Waals surface area contributed by atoms with E-state index in [-0.39, 0.29) is 16.3 Å². The number of hydrogen-bond acceptors (Lipinski definition) is 6. The highest BCUT2D eigenvalue weighted by Gasteiger charge is 2.20. The molecule has 1 atom stereocenters. The number of non-ortho nitro benzene ring substituents is 1. The molecule has 0 saturated heterocycles. The largest absolute Gasteiger partial charge is 0.451 e. The van der Waals surface area contributed by atoms with Crippen molar-refractivity contribution in [2.24, 2.45) is 0 Å². The number of amides is 2. The van der Waals surface area contributed by atoms with Gasteiger partial charge in [-0.1, -0.05) is 29.3 Å². The standard InChI is InChI=1S/C18H15Cl2N3O6/c1-10(17(25)22-15-6-5-12(19)8-14(15)20)29-16(24)9-21-18(26)11-3-2-4-13(7-11)23(27)28/h2-8,10H,9H2,1H3,(H,21,26)(H,22,25). The maximum atomic E-state index is 12.1. The van der Waals surface area contributed by atoms with Gasteiger partial charge in [0.2, 0.25) is 0 Å². The third-order valence-corrected chi connectivity index (χ3v) is 4.13. The fraction of sp³-hybridized carbons (Fsp3) is 0.167.